The molecular weight excluding hydrogens is 513 g/mol. The highest BCUT2D eigenvalue weighted by molar-refractivity contribution is 7.06. The second kappa shape index (κ2) is 6.77. The lowest BCUT2D eigenvalue weighted by Gasteiger charge is -2.31. The van der Waals surface area contributed by atoms with Crippen molar-refractivity contribution in [1.82, 2.24) is 8.47 Å². The Kier molecular flexibility index (Phi) is 3.43. The Morgan fingerprint density at radius 3 is 1.22 bits per heavy atom. The number of nitrogens with zero attached hydrogens (tertiary/aromatic N) is 2. The van der Waals surface area contributed by atoms with E-state index in [2.05, 4.69) is 142 Å². The van der Waals surface area contributed by atoms with Gasteiger partial charge in [-0.3, -0.25) is 0 Å². The molecule has 2 nitrogen and oxygen atoms in total. The largest absolute Gasteiger partial charge is 0.341 e. The lowest BCUT2D eigenvalue weighted by Crippen LogP contribution is -2.65. The van der Waals surface area contributed by atoms with Crippen LogP contribution in [0.25, 0.3) is 76.3 Å². The Hall–Kier alpha value is -5.12. The summed E-state index contributed by atoms with van der Waals surface area (Å²) in [6.07, 6.45) is 0. The monoisotopic (exact) mass is 534 g/mol. The Labute approximate surface area is 236 Å². The summed E-state index contributed by atoms with van der Waals surface area (Å²) in [7, 11) is -2.78. The van der Waals surface area contributed by atoms with Crippen molar-refractivity contribution in [3.05, 3.63) is 133 Å². The maximum atomic E-state index is 2.83. The zero-order valence-corrected chi connectivity index (χ0v) is 23.1. The maximum absolute atomic E-state index is 2.83. The number of aromatic nitrogens is 2. The lowest BCUT2D eigenvalue weighted by atomic mass is 10.0. The van der Waals surface area contributed by atoms with Crippen molar-refractivity contribution in [1.29, 1.82) is 0 Å². The average Bonchev–Trinajstić information content (AvgIpc) is 3.72. The molecule has 3 heteroatoms. The Morgan fingerprint density at radius 1 is 0.366 bits per heavy atom. The fourth-order valence-electron chi connectivity index (χ4n) is 8.41. The Bertz CT molecular complexity index is 2470. The minimum Gasteiger partial charge on any atom is -0.340 e. The number of rotatable bonds is 0. The van der Waals surface area contributed by atoms with Crippen LogP contribution < -0.4 is 10.4 Å². The third kappa shape index (κ3) is 2.17. The molecule has 1 spiro atoms. The van der Waals surface area contributed by atoms with Gasteiger partial charge >= 0.3 is 8.40 Å². The van der Waals surface area contributed by atoms with Gasteiger partial charge < -0.3 is 8.47 Å². The number of fused-ring (bicyclic) bond motifs is 15. The van der Waals surface area contributed by atoms with Crippen molar-refractivity contribution < 1.29 is 0 Å². The molecule has 9 aromatic rings. The van der Waals surface area contributed by atoms with Crippen LogP contribution in [0.5, 0.6) is 0 Å². The van der Waals surface area contributed by atoms with Crippen molar-refractivity contribution >= 4 is 83.9 Å². The smallest absolute Gasteiger partial charge is 0.340 e. The molecule has 0 fully saturated rings. The first-order valence-electron chi connectivity index (χ1n) is 14.4. The zero-order chi connectivity index (χ0) is 26.4. The summed E-state index contributed by atoms with van der Waals surface area (Å²) < 4.78 is 5.65. The van der Waals surface area contributed by atoms with Crippen molar-refractivity contribution in [2.45, 2.75) is 0 Å². The highest BCUT2D eigenvalue weighted by atomic mass is 28.3. The molecule has 0 aliphatic carbocycles. The van der Waals surface area contributed by atoms with Gasteiger partial charge in [0.25, 0.3) is 0 Å². The quantitative estimate of drug-likeness (QED) is 0.174. The van der Waals surface area contributed by atoms with E-state index in [1.807, 2.05) is 0 Å². The molecule has 0 radical (unpaired) electrons. The van der Waals surface area contributed by atoms with Gasteiger partial charge in [-0.25, -0.2) is 0 Å². The molecule has 0 amide bonds. The van der Waals surface area contributed by atoms with E-state index in [9.17, 15) is 0 Å². The fourth-order valence-corrected chi connectivity index (χ4v) is 13.9. The van der Waals surface area contributed by atoms with Gasteiger partial charge in [0.15, 0.2) is 0 Å². The van der Waals surface area contributed by atoms with Crippen molar-refractivity contribution in [2.24, 2.45) is 0 Å². The lowest BCUT2D eigenvalue weighted by molar-refractivity contribution is 1.22. The van der Waals surface area contributed by atoms with Crippen LogP contribution in [0.4, 0.5) is 0 Å². The van der Waals surface area contributed by atoms with Gasteiger partial charge in [0.05, 0.1) is 11.0 Å². The minimum atomic E-state index is -2.78. The molecule has 0 saturated heterocycles. The van der Waals surface area contributed by atoms with Gasteiger partial charge in [-0.2, -0.15) is 0 Å². The predicted molar refractivity (Wildman–Crippen MR) is 175 cm³/mol. The third-order valence-corrected chi connectivity index (χ3v) is 14.5. The van der Waals surface area contributed by atoms with E-state index in [0.29, 0.717) is 0 Å². The van der Waals surface area contributed by atoms with E-state index in [1.54, 1.807) is 0 Å². The van der Waals surface area contributed by atoms with Crippen LogP contribution in [0.1, 0.15) is 0 Å². The van der Waals surface area contributed by atoms with Crippen LogP contribution in [-0.4, -0.2) is 16.9 Å². The summed E-state index contributed by atoms with van der Waals surface area (Å²) in [5.41, 5.74) is 8.25. The highest BCUT2D eigenvalue weighted by Gasteiger charge is 2.56. The second-order valence-electron chi connectivity index (χ2n) is 11.7. The van der Waals surface area contributed by atoms with Gasteiger partial charge in [-0.15, -0.1) is 0 Å². The van der Waals surface area contributed by atoms with E-state index < -0.39 is 8.40 Å². The molecule has 41 heavy (non-hydrogen) atoms. The molecule has 0 saturated carbocycles. The summed E-state index contributed by atoms with van der Waals surface area (Å²) in [5.74, 6) is 0. The van der Waals surface area contributed by atoms with Gasteiger partial charge in [-0.05, 0) is 67.3 Å². The van der Waals surface area contributed by atoms with E-state index in [0.717, 1.165) is 0 Å². The SMILES string of the molecule is c1ccc2c(c1)-c1ccccc1[Si]21n2c3cc4ccccc4cc3c3ccc4c5cc6ccccc6cc5n1c4c32. The number of hydrogen-bond acceptors (Lipinski definition) is 0. The molecule has 0 N–H and O–H groups in total. The summed E-state index contributed by atoms with van der Waals surface area (Å²) in [5, 5.41) is 13.6. The molecule has 2 aliphatic rings. The average molecular weight is 535 g/mol. The summed E-state index contributed by atoms with van der Waals surface area (Å²) >= 11 is 0. The maximum Gasteiger partial charge on any atom is 0.341 e. The minimum absolute atomic E-state index is 1.30. The molecule has 4 heterocycles. The normalized spacial score (nSPS) is 14.5. The van der Waals surface area contributed by atoms with Gasteiger partial charge in [0.2, 0.25) is 0 Å². The second-order valence-corrected chi connectivity index (χ2v) is 15.0. The fraction of sp³-hybridized carbons (Fsp3) is 0. The van der Waals surface area contributed by atoms with Crippen LogP contribution in [0.3, 0.4) is 0 Å². The number of hydrogen-bond donors (Lipinski definition) is 0. The van der Waals surface area contributed by atoms with Gasteiger partial charge in [0.1, 0.15) is 0 Å². The van der Waals surface area contributed by atoms with E-state index in [1.165, 1.54) is 86.7 Å². The predicted octanol–water partition coefficient (Wildman–Crippen LogP) is 8.16. The summed E-state index contributed by atoms with van der Waals surface area (Å²) in [6, 6.07) is 50.6. The van der Waals surface area contributed by atoms with E-state index >= 15 is 0 Å². The van der Waals surface area contributed by atoms with Crippen molar-refractivity contribution in [3.63, 3.8) is 0 Å². The molecule has 2 aliphatic heterocycles. The Balaban J connectivity index is 1.48. The first kappa shape index (κ1) is 20.7. The van der Waals surface area contributed by atoms with Crippen LogP contribution in [0, 0.1) is 0 Å². The molecule has 0 atom stereocenters. The molecule has 11 rings (SSSR count). The molecule has 0 unspecified atom stereocenters. The van der Waals surface area contributed by atoms with Gasteiger partial charge in [-0.1, -0.05) is 109 Å². The van der Waals surface area contributed by atoms with Crippen molar-refractivity contribution in [3.8, 4) is 11.1 Å². The molecule has 7 aromatic carbocycles. The standard InChI is InChI=1S/C38H22N2Si/c1-3-11-25-21-33-31(19-23(25)9-1)29-17-18-30-32-20-24-10-2-4-12-26(24)22-34(32)40-38(30)37(29)39(33)41(40)35-15-7-5-13-27(35)28-14-6-8-16-36(28)41/h1-22H. The molecule has 2 aromatic heterocycles. The van der Waals surface area contributed by atoms with Crippen LogP contribution in [0.15, 0.2) is 133 Å². The van der Waals surface area contributed by atoms with Crippen LogP contribution in [-0.2, 0) is 0 Å². The van der Waals surface area contributed by atoms with Crippen LogP contribution in [0.2, 0.25) is 0 Å². The number of benzene rings is 7. The van der Waals surface area contributed by atoms with Crippen LogP contribution >= 0.6 is 0 Å². The summed E-state index contributed by atoms with van der Waals surface area (Å²) in [6.45, 7) is 0. The molecular formula is C38H22N2Si. The molecule has 188 valence electrons. The first-order valence-corrected chi connectivity index (χ1v) is 16.3. The van der Waals surface area contributed by atoms with E-state index in [-0.39, 0.29) is 0 Å². The zero-order valence-electron chi connectivity index (χ0n) is 22.1. The van der Waals surface area contributed by atoms with Gasteiger partial charge in [0, 0.05) is 32.6 Å². The summed E-state index contributed by atoms with van der Waals surface area (Å²) in [4.78, 5) is 0. The Morgan fingerprint density at radius 2 is 0.756 bits per heavy atom. The highest BCUT2D eigenvalue weighted by Crippen LogP contribution is 2.49. The third-order valence-electron chi connectivity index (χ3n) is 9.93. The van der Waals surface area contributed by atoms with Crippen molar-refractivity contribution in [2.75, 3.05) is 0 Å². The molecule has 0 bridgehead atoms. The van der Waals surface area contributed by atoms with E-state index in [4.69, 9.17) is 0 Å². The first-order chi connectivity index (χ1) is 20.3. The topological polar surface area (TPSA) is 9.86 Å².